The lowest BCUT2D eigenvalue weighted by Crippen LogP contribution is -2.16. The van der Waals surface area contributed by atoms with Crippen molar-refractivity contribution in [2.45, 2.75) is 17.8 Å². The van der Waals surface area contributed by atoms with Crippen molar-refractivity contribution in [2.75, 3.05) is 12.4 Å². The molecule has 1 heterocycles. The molecule has 0 saturated carbocycles. The Hall–Kier alpha value is -1.19. The summed E-state index contributed by atoms with van der Waals surface area (Å²) in [6.45, 7) is -0.682. The number of hydrogen-bond acceptors (Lipinski definition) is 7. The molecule has 0 aliphatic carbocycles. The van der Waals surface area contributed by atoms with Crippen molar-refractivity contribution in [3.63, 3.8) is 0 Å². The zero-order valence-corrected chi connectivity index (χ0v) is 8.46. The summed E-state index contributed by atoms with van der Waals surface area (Å²) in [6.07, 6.45) is -0.870. The molecule has 0 aliphatic heterocycles. The van der Waals surface area contributed by atoms with Crippen LogP contribution in [0.5, 0.6) is 0 Å². The number of nitrogens with zero attached hydrogens (tertiary/aromatic N) is 4. The Kier molecular flexibility index (Phi) is 4.46. The average molecular weight is 234 g/mol. The van der Waals surface area contributed by atoms with Gasteiger partial charge in [-0.15, -0.1) is 5.10 Å². The van der Waals surface area contributed by atoms with E-state index in [-0.39, 0.29) is 18.9 Å². The van der Waals surface area contributed by atoms with E-state index in [4.69, 9.17) is 15.3 Å². The number of rotatable bonds is 6. The first-order chi connectivity index (χ1) is 7.13. The molecule has 0 spiro atoms. The lowest BCUT2D eigenvalue weighted by Gasteiger charge is -2.05. The van der Waals surface area contributed by atoms with Gasteiger partial charge in [-0.1, -0.05) is 11.8 Å². The van der Waals surface area contributed by atoms with Gasteiger partial charge >= 0.3 is 5.97 Å². The van der Waals surface area contributed by atoms with Gasteiger partial charge in [0, 0.05) is 5.75 Å². The minimum absolute atomic E-state index is 0.205. The zero-order valence-electron chi connectivity index (χ0n) is 7.65. The zero-order chi connectivity index (χ0) is 11.3. The van der Waals surface area contributed by atoms with E-state index < -0.39 is 12.1 Å². The Labute approximate surface area is 88.9 Å². The van der Waals surface area contributed by atoms with Crippen LogP contribution in [0.4, 0.5) is 0 Å². The van der Waals surface area contributed by atoms with Crippen LogP contribution >= 0.6 is 11.8 Å². The van der Waals surface area contributed by atoms with Crippen molar-refractivity contribution in [3.8, 4) is 0 Å². The summed E-state index contributed by atoms with van der Waals surface area (Å²) >= 11 is 1.08. The number of aliphatic carboxylic acids is 1. The molecule has 15 heavy (non-hydrogen) atoms. The van der Waals surface area contributed by atoms with Crippen LogP contribution in [-0.4, -0.2) is 60.0 Å². The predicted molar refractivity (Wildman–Crippen MR) is 49.3 cm³/mol. The maximum Gasteiger partial charge on any atom is 0.325 e. The first-order valence-electron chi connectivity index (χ1n) is 4.03. The van der Waals surface area contributed by atoms with Crippen LogP contribution in [0.25, 0.3) is 0 Å². The van der Waals surface area contributed by atoms with E-state index in [1.807, 2.05) is 0 Å². The standard InChI is InChI=1S/C6H10N4O4S/c11-2-4(12)3-15-6-7-8-9-10(6)1-5(13)14/h4,11-12H,1-3H2,(H,13,14). The Morgan fingerprint density at radius 2 is 2.33 bits per heavy atom. The molecule has 1 rings (SSSR count). The van der Waals surface area contributed by atoms with Crippen molar-refractivity contribution < 1.29 is 20.1 Å². The second-order valence-electron chi connectivity index (χ2n) is 2.66. The summed E-state index contributed by atoms with van der Waals surface area (Å²) in [6, 6.07) is 0. The molecule has 0 bridgehead atoms. The van der Waals surface area contributed by atoms with Gasteiger partial charge < -0.3 is 15.3 Å². The molecule has 0 aromatic carbocycles. The fraction of sp³-hybridized carbons (Fsp3) is 0.667. The van der Waals surface area contributed by atoms with Gasteiger partial charge in [-0.2, -0.15) is 0 Å². The third-order valence-corrected chi connectivity index (χ3v) is 2.50. The van der Waals surface area contributed by atoms with Crippen molar-refractivity contribution in [1.82, 2.24) is 20.2 Å². The highest BCUT2D eigenvalue weighted by molar-refractivity contribution is 7.99. The molecule has 0 aliphatic rings. The summed E-state index contributed by atoms with van der Waals surface area (Å²) < 4.78 is 1.11. The number of aromatic nitrogens is 4. The van der Waals surface area contributed by atoms with Crippen molar-refractivity contribution in [1.29, 1.82) is 0 Å². The Bertz CT molecular complexity index is 331. The highest BCUT2D eigenvalue weighted by atomic mass is 32.2. The highest BCUT2D eigenvalue weighted by Crippen LogP contribution is 2.14. The molecule has 3 N–H and O–H groups in total. The van der Waals surface area contributed by atoms with Crippen LogP contribution in [0.15, 0.2) is 5.16 Å². The van der Waals surface area contributed by atoms with E-state index >= 15 is 0 Å². The second kappa shape index (κ2) is 5.63. The maximum atomic E-state index is 10.4. The molecule has 1 unspecified atom stereocenters. The van der Waals surface area contributed by atoms with E-state index in [0.29, 0.717) is 5.16 Å². The van der Waals surface area contributed by atoms with E-state index in [9.17, 15) is 4.79 Å². The van der Waals surface area contributed by atoms with Crippen LogP contribution in [0.2, 0.25) is 0 Å². The number of carbonyl (C=O) groups is 1. The summed E-state index contributed by atoms with van der Waals surface area (Å²) in [5.41, 5.74) is 0. The van der Waals surface area contributed by atoms with Crippen LogP contribution in [0.1, 0.15) is 0 Å². The molecule has 1 aromatic heterocycles. The fourth-order valence-corrected chi connectivity index (χ4v) is 1.54. The first-order valence-corrected chi connectivity index (χ1v) is 5.01. The van der Waals surface area contributed by atoms with Gasteiger partial charge in [0.25, 0.3) is 0 Å². The van der Waals surface area contributed by atoms with E-state index in [0.717, 1.165) is 16.4 Å². The first kappa shape index (κ1) is 11.9. The van der Waals surface area contributed by atoms with Crippen LogP contribution in [-0.2, 0) is 11.3 Å². The maximum absolute atomic E-state index is 10.4. The molecular formula is C6H10N4O4S. The Morgan fingerprint density at radius 1 is 1.60 bits per heavy atom. The Balaban J connectivity index is 2.53. The molecule has 1 aromatic rings. The highest BCUT2D eigenvalue weighted by Gasteiger charge is 2.11. The van der Waals surface area contributed by atoms with E-state index in [1.54, 1.807) is 0 Å². The van der Waals surface area contributed by atoms with Crippen molar-refractivity contribution in [2.24, 2.45) is 0 Å². The number of hydrogen-bond donors (Lipinski definition) is 3. The number of carboxylic acids is 1. The summed E-state index contributed by atoms with van der Waals surface area (Å²) in [4.78, 5) is 10.4. The molecule has 0 amide bonds. The molecular weight excluding hydrogens is 224 g/mol. The van der Waals surface area contributed by atoms with Gasteiger partial charge in [0.05, 0.1) is 12.7 Å². The molecule has 0 fully saturated rings. The van der Waals surface area contributed by atoms with Gasteiger partial charge in [-0.05, 0) is 10.4 Å². The minimum atomic E-state index is -1.05. The molecule has 0 saturated heterocycles. The quantitative estimate of drug-likeness (QED) is 0.493. The van der Waals surface area contributed by atoms with Crippen molar-refractivity contribution in [3.05, 3.63) is 0 Å². The van der Waals surface area contributed by atoms with Gasteiger partial charge in [0.2, 0.25) is 5.16 Å². The SMILES string of the molecule is O=C(O)Cn1nnnc1SCC(O)CO. The minimum Gasteiger partial charge on any atom is -0.480 e. The largest absolute Gasteiger partial charge is 0.480 e. The van der Waals surface area contributed by atoms with Crippen LogP contribution in [0.3, 0.4) is 0 Å². The van der Waals surface area contributed by atoms with Gasteiger partial charge in [0.15, 0.2) is 0 Å². The number of thioether (sulfide) groups is 1. The van der Waals surface area contributed by atoms with Gasteiger partial charge in [-0.25, -0.2) is 4.68 Å². The average Bonchev–Trinajstić information content (AvgIpc) is 2.61. The van der Waals surface area contributed by atoms with Crippen molar-refractivity contribution >= 4 is 17.7 Å². The van der Waals surface area contributed by atoms with Crippen LogP contribution < -0.4 is 0 Å². The fourth-order valence-electron chi connectivity index (χ4n) is 0.751. The van der Waals surface area contributed by atoms with Gasteiger partial charge in [0.1, 0.15) is 6.54 Å². The number of tetrazole rings is 1. The van der Waals surface area contributed by atoms with E-state index in [2.05, 4.69) is 15.5 Å². The second-order valence-corrected chi connectivity index (χ2v) is 3.65. The third-order valence-electron chi connectivity index (χ3n) is 1.40. The number of aliphatic hydroxyl groups is 2. The summed E-state index contributed by atoms with van der Waals surface area (Å²) in [5.74, 6) is -0.844. The third kappa shape index (κ3) is 3.81. The summed E-state index contributed by atoms with van der Waals surface area (Å²) in [7, 11) is 0. The van der Waals surface area contributed by atoms with Gasteiger partial charge in [-0.3, -0.25) is 4.79 Å². The molecule has 1 atom stereocenters. The lowest BCUT2D eigenvalue weighted by atomic mass is 10.4. The molecule has 0 radical (unpaired) electrons. The normalized spacial score (nSPS) is 12.7. The monoisotopic (exact) mass is 234 g/mol. The van der Waals surface area contributed by atoms with E-state index in [1.165, 1.54) is 0 Å². The predicted octanol–water partition coefficient (Wildman–Crippen LogP) is -1.80. The molecule has 84 valence electrons. The lowest BCUT2D eigenvalue weighted by molar-refractivity contribution is -0.138. The smallest absolute Gasteiger partial charge is 0.325 e. The summed E-state index contributed by atoms with van der Waals surface area (Å²) in [5, 5.41) is 36.8. The molecule has 9 heteroatoms. The van der Waals surface area contributed by atoms with Crippen LogP contribution in [0, 0.1) is 0 Å². The topological polar surface area (TPSA) is 121 Å². The molecule has 8 nitrogen and oxygen atoms in total. The Morgan fingerprint density at radius 3 is 2.93 bits per heavy atom. The number of carboxylic acid groups (broad SMARTS) is 1. The number of aliphatic hydroxyl groups excluding tert-OH is 2.